The zero-order chi connectivity index (χ0) is 20.8. The Morgan fingerprint density at radius 2 is 1.66 bits per heavy atom. The maximum absolute atomic E-state index is 9.55. The van der Waals surface area contributed by atoms with E-state index in [4.69, 9.17) is 21.6 Å². The maximum atomic E-state index is 9.55. The number of rotatable bonds is 5. The SMILES string of the molecule is N#C/C(=C/c1cc(Br)c(OCc2ccccc2Cl)c(Br)c1)c1ccc(C#N)cc1. The lowest BCUT2D eigenvalue weighted by atomic mass is 10.0. The molecule has 0 aliphatic heterocycles. The molecule has 3 nitrogen and oxygen atoms in total. The summed E-state index contributed by atoms with van der Waals surface area (Å²) in [6.45, 7) is 0.334. The zero-order valence-corrected chi connectivity index (χ0v) is 18.9. The van der Waals surface area contributed by atoms with Crippen LogP contribution in [0.2, 0.25) is 5.02 Å². The van der Waals surface area contributed by atoms with Gasteiger partial charge in [-0.15, -0.1) is 0 Å². The van der Waals surface area contributed by atoms with E-state index < -0.39 is 0 Å². The van der Waals surface area contributed by atoms with Gasteiger partial charge in [-0.3, -0.25) is 0 Å². The van der Waals surface area contributed by atoms with E-state index in [1.807, 2.05) is 36.4 Å². The van der Waals surface area contributed by atoms with Crippen molar-refractivity contribution in [3.8, 4) is 17.9 Å². The van der Waals surface area contributed by atoms with Crippen LogP contribution in [0.25, 0.3) is 11.6 Å². The van der Waals surface area contributed by atoms with Crippen LogP contribution in [0.5, 0.6) is 5.75 Å². The van der Waals surface area contributed by atoms with E-state index in [0.717, 1.165) is 25.6 Å². The predicted octanol–water partition coefficient (Wildman–Crippen LogP) is 7.38. The molecule has 0 aliphatic rings. The van der Waals surface area contributed by atoms with Gasteiger partial charge in [-0.2, -0.15) is 10.5 Å². The molecule has 0 N–H and O–H groups in total. The van der Waals surface area contributed by atoms with Gasteiger partial charge in [0.2, 0.25) is 0 Å². The molecule has 3 aromatic rings. The van der Waals surface area contributed by atoms with E-state index in [-0.39, 0.29) is 0 Å². The van der Waals surface area contributed by atoms with Gasteiger partial charge in [-0.25, -0.2) is 0 Å². The van der Waals surface area contributed by atoms with Crippen LogP contribution < -0.4 is 4.74 Å². The second kappa shape index (κ2) is 9.76. The van der Waals surface area contributed by atoms with Crippen molar-refractivity contribution in [1.82, 2.24) is 0 Å². The van der Waals surface area contributed by atoms with E-state index in [2.05, 4.69) is 44.0 Å². The van der Waals surface area contributed by atoms with Crippen molar-refractivity contribution < 1.29 is 4.74 Å². The molecule has 0 aliphatic carbocycles. The molecule has 3 aromatic carbocycles. The molecule has 0 aromatic heterocycles. The minimum absolute atomic E-state index is 0.334. The number of allylic oxidation sites excluding steroid dienone is 1. The summed E-state index contributed by atoms with van der Waals surface area (Å²) in [4.78, 5) is 0. The second-order valence-electron chi connectivity index (χ2n) is 6.05. The molecule has 3 rings (SSSR count). The quantitative estimate of drug-likeness (QED) is 0.256. The number of benzene rings is 3. The van der Waals surface area contributed by atoms with Gasteiger partial charge >= 0.3 is 0 Å². The number of ether oxygens (including phenoxy) is 1. The lowest BCUT2D eigenvalue weighted by molar-refractivity contribution is 0.302. The first-order valence-corrected chi connectivity index (χ1v) is 10.5. The number of hydrogen-bond donors (Lipinski definition) is 0. The molecule has 0 bridgehead atoms. The van der Waals surface area contributed by atoms with Gasteiger partial charge in [0, 0.05) is 10.6 Å². The van der Waals surface area contributed by atoms with E-state index in [1.165, 1.54) is 0 Å². The summed E-state index contributed by atoms with van der Waals surface area (Å²) in [6, 6.07) is 22.5. The molecule has 0 fully saturated rings. The van der Waals surface area contributed by atoms with Crippen LogP contribution >= 0.6 is 43.5 Å². The van der Waals surface area contributed by atoms with Gasteiger partial charge in [-0.1, -0.05) is 41.9 Å². The largest absolute Gasteiger partial charge is 0.486 e. The van der Waals surface area contributed by atoms with Crippen molar-refractivity contribution >= 4 is 55.1 Å². The van der Waals surface area contributed by atoms with Crippen molar-refractivity contribution in [3.05, 3.63) is 96.9 Å². The Bertz CT molecular complexity index is 1140. The van der Waals surface area contributed by atoms with Crippen LogP contribution in [-0.4, -0.2) is 0 Å². The third kappa shape index (κ3) is 5.28. The standard InChI is InChI=1S/C23H13Br2ClN2O/c24-20-10-16(9-19(13-28)17-7-5-15(12-27)6-8-17)11-21(25)23(20)29-14-18-3-1-2-4-22(18)26/h1-11H,14H2/b19-9-. The fourth-order valence-corrected chi connectivity index (χ4v) is 4.28. The number of nitrogens with zero attached hydrogens (tertiary/aromatic N) is 2. The van der Waals surface area contributed by atoms with Crippen LogP contribution in [0.1, 0.15) is 22.3 Å². The Kier molecular flexibility index (Phi) is 7.12. The smallest absolute Gasteiger partial charge is 0.148 e. The van der Waals surface area contributed by atoms with E-state index >= 15 is 0 Å². The fraction of sp³-hybridized carbons (Fsp3) is 0.0435. The molecule has 0 unspecified atom stereocenters. The first-order valence-electron chi connectivity index (χ1n) is 8.49. The summed E-state index contributed by atoms with van der Waals surface area (Å²) in [7, 11) is 0. The van der Waals surface area contributed by atoms with E-state index in [9.17, 15) is 5.26 Å². The molecule has 0 radical (unpaired) electrons. The lowest BCUT2D eigenvalue weighted by Gasteiger charge is -2.12. The summed E-state index contributed by atoms with van der Waals surface area (Å²) in [5, 5.41) is 19.1. The lowest BCUT2D eigenvalue weighted by Crippen LogP contribution is -1.98. The van der Waals surface area contributed by atoms with Gasteiger partial charge in [-0.05, 0) is 79.4 Å². The number of nitriles is 2. The number of hydrogen-bond acceptors (Lipinski definition) is 3. The molecular formula is C23H13Br2ClN2O. The fourth-order valence-electron chi connectivity index (χ4n) is 2.64. The average molecular weight is 529 g/mol. The predicted molar refractivity (Wildman–Crippen MR) is 122 cm³/mol. The van der Waals surface area contributed by atoms with Crippen molar-refractivity contribution in [2.45, 2.75) is 6.61 Å². The minimum atomic E-state index is 0.334. The summed E-state index contributed by atoms with van der Waals surface area (Å²) in [5.41, 5.74) is 3.52. The van der Waals surface area contributed by atoms with Crippen LogP contribution in [0, 0.1) is 22.7 Å². The third-order valence-electron chi connectivity index (χ3n) is 4.11. The highest BCUT2D eigenvalue weighted by Crippen LogP contribution is 2.36. The third-order valence-corrected chi connectivity index (χ3v) is 5.65. The highest BCUT2D eigenvalue weighted by Gasteiger charge is 2.11. The van der Waals surface area contributed by atoms with E-state index in [1.54, 1.807) is 30.3 Å². The van der Waals surface area contributed by atoms with Crippen molar-refractivity contribution in [2.24, 2.45) is 0 Å². The summed E-state index contributed by atoms with van der Waals surface area (Å²) in [6.07, 6.45) is 1.79. The van der Waals surface area contributed by atoms with Gasteiger partial charge in [0.15, 0.2) is 0 Å². The number of halogens is 3. The van der Waals surface area contributed by atoms with Crippen LogP contribution in [0.15, 0.2) is 69.6 Å². The summed E-state index contributed by atoms with van der Waals surface area (Å²) < 4.78 is 7.44. The highest BCUT2D eigenvalue weighted by atomic mass is 79.9. The van der Waals surface area contributed by atoms with Crippen LogP contribution in [0.4, 0.5) is 0 Å². The van der Waals surface area contributed by atoms with E-state index in [0.29, 0.717) is 28.5 Å². The van der Waals surface area contributed by atoms with Crippen molar-refractivity contribution in [1.29, 1.82) is 10.5 Å². The normalized spacial score (nSPS) is 10.9. The monoisotopic (exact) mass is 526 g/mol. The molecule has 142 valence electrons. The van der Waals surface area contributed by atoms with Gasteiger partial charge in [0.25, 0.3) is 0 Å². The van der Waals surface area contributed by atoms with Gasteiger partial charge in [0.05, 0.1) is 32.2 Å². The Morgan fingerprint density at radius 3 is 2.24 bits per heavy atom. The average Bonchev–Trinajstić information content (AvgIpc) is 2.72. The highest BCUT2D eigenvalue weighted by molar-refractivity contribution is 9.11. The molecular weight excluding hydrogens is 516 g/mol. The van der Waals surface area contributed by atoms with Crippen LogP contribution in [-0.2, 0) is 6.61 Å². The molecule has 0 saturated heterocycles. The topological polar surface area (TPSA) is 56.8 Å². The molecule has 0 heterocycles. The Hall–Kier alpha value is -2.57. The molecule has 6 heteroatoms. The van der Waals surface area contributed by atoms with Gasteiger partial charge < -0.3 is 4.74 Å². The molecule has 0 amide bonds. The molecule has 29 heavy (non-hydrogen) atoms. The second-order valence-corrected chi connectivity index (χ2v) is 8.17. The first kappa shape index (κ1) is 21.1. The summed E-state index contributed by atoms with van der Waals surface area (Å²) in [5.74, 6) is 0.652. The Labute approximate surface area is 191 Å². The molecule has 0 saturated carbocycles. The van der Waals surface area contributed by atoms with Crippen molar-refractivity contribution in [3.63, 3.8) is 0 Å². The Balaban J connectivity index is 1.86. The van der Waals surface area contributed by atoms with Crippen molar-refractivity contribution in [2.75, 3.05) is 0 Å². The molecule has 0 spiro atoms. The first-order chi connectivity index (χ1) is 14.0. The molecule has 0 atom stereocenters. The van der Waals surface area contributed by atoms with Crippen LogP contribution in [0.3, 0.4) is 0 Å². The maximum Gasteiger partial charge on any atom is 0.148 e. The zero-order valence-electron chi connectivity index (χ0n) is 15.0. The minimum Gasteiger partial charge on any atom is -0.486 e. The Morgan fingerprint density at radius 1 is 1.00 bits per heavy atom. The summed E-state index contributed by atoms with van der Waals surface area (Å²) >= 11 is 13.3. The van der Waals surface area contributed by atoms with Gasteiger partial charge in [0.1, 0.15) is 12.4 Å².